The summed E-state index contributed by atoms with van der Waals surface area (Å²) in [6, 6.07) is 25.0. The summed E-state index contributed by atoms with van der Waals surface area (Å²) in [5, 5.41) is 0. The van der Waals surface area contributed by atoms with Crippen molar-refractivity contribution in [2.45, 2.75) is 12.1 Å². The number of ether oxygens (including phenoxy) is 1. The van der Waals surface area contributed by atoms with Gasteiger partial charge in [0.1, 0.15) is 6.10 Å². The molecule has 7 heteroatoms. The van der Waals surface area contributed by atoms with E-state index in [2.05, 4.69) is 0 Å². The van der Waals surface area contributed by atoms with Gasteiger partial charge in [-0.25, -0.2) is 13.2 Å². The molecule has 0 aliphatic carbocycles. The fourth-order valence-corrected chi connectivity index (χ4v) is 5.51. The average molecular weight is 436 g/mol. The van der Waals surface area contributed by atoms with E-state index in [4.69, 9.17) is 4.74 Å². The molecule has 0 bridgehead atoms. The van der Waals surface area contributed by atoms with Crippen LogP contribution in [0, 0.1) is 0 Å². The number of anilines is 1. The highest BCUT2D eigenvalue weighted by atomic mass is 32.2. The fourth-order valence-electron chi connectivity index (χ4n) is 3.70. The summed E-state index contributed by atoms with van der Waals surface area (Å²) in [5.41, 5.74) is 1.29. The molecule has 1 fully saturated rings. The number of sulfone groups is 1. The lowest BCUT2D eigenvalue weighted by Gasteiger charge is -2.32. The van der Waals surface area contributed by atoms with Gasteiger partial charge in [-0.3, -0.25) is 4.79 Å². The SMILES string of the molecule is O=C(O[C@@H]1CS(=O)(=O)C[C@H]1N(C(=O)c1ccccc1)c1ccccc1)c1ccccc1. The van der Waals surface area contributed by atoms with E-state index in [0.29, 0.717) is 16.8 Å². The minimum atomic E-state index is -3.51. The van der Waals surface area contributed by atoms with Crippen LogP contribution in [-0.4, -0.2) is 43.9 Å². The lowest BCUT2D eigenvalue weighted by Crippen LogP contribution is -2.48. The van der Waals surface area contributed by atoms with E-state index in [1.807, 2.05) is 6.07 Å². The zero-order chi connectivity index (χ0) is 21.8. The summed E-state index contributed by atoms with van der Waals surface area (Å²) in [7, 11) is -3.51. The molecular formula is C24H21NO5S. The van der Waals surface area contributed by atoms with E-state index in [0.717, 1.165) is 0 Å². The van der Waals surface area contributed by atoms with Gasteiger partial charge < -0.3 is 9.64 Å². The number of hydrogen-bond acceptors (Lipinski definition) is 5. The minimum Gasteiger partial charge on any atom is -0.455 e. The maximum atomic E-state index is 13.4. The third-order valence-corrected chi connectivity index (χ3v) is 6.83. The Morgan fingerprint density at radius 3 is 1.84 bits per heavy atom. The van der Waals surface area contributed by atoms with Crippen molar-refractivity contribution < 1.29 is 22.7 Å². The zero-order valence-electron chi connectivity index (χ0n) is 16.6. The molecule has 1 amide bonds. The minimum absolute atomic E-state index is 0.285. The van der Waals surface area contributed by atoms with Crippen LogP contribution in [-0.2, 0) is 14.6 Å². The first kappa shape index (κ1) is 20.8. The molecule has 4 rings (SSSR count). The third-order valence-electron chi connectivity index (χ3n) is 5.15. The van der Waals surface area contributed by atoms with Crippen molar-refractivity contribution in [2.75, 3.05) is 16.4 Å². The molecule has 1 heterocycles. The number of hydrogen-bond donors (Lipinski definition) is 0. The highest BCUT2D eigenvalue weighted by Crippen LogP contribution is 2.29. The molecule has 6 nitrogen and oxygen atoms in total. The quantitative estimate of drug-likeness (QED) is 0.574. The van der Waals surface area contributed by atoms with Crippen LogP contribution in [0.5, 0.6) is 0 Å². The van der Waals surface area contributed by atoms with Crippen LogP contribution < -0.4 is 4.90 Å². The van der Waals surface area contributed by atoms with Gasteiger partial charge >= 0.3 is 5.97 Å². The number of rotatable bonds is 5. The number of carbonyl (C=O) groups is 2. The number of esters is 1. The number of amides is 1. The number of benzene rings is 3. The van der Waals surface area contributed by atoms with Gasteiger partial charge in [-0.05, 0) is 36.4 Å². The van der Waals surface area contributed by atoms with E-state index in [1.54, 1.807) is 84.9 Å². The monoisotopic (exact) mass is 435 g/mol. The molecule has 31 heavy (non-hydrogen) atoms. The second kappa shape index (κ2) is 8.73. The molecule has 3 aromatic rings. The van der Waals surface area contributed by atoms with Crippen molar-refractivity contribution in [3.8, 4) is 0 Å². The Kier molecular flexibility index (Phi) is 5.86. The first-order chi connectivity index (χ1) is 14.9. The number of para-hydroxylation sites is 1. The topological polar surface area (TPSA) is 80.8 Å². The molecule has 1 saturated heterocycles. The van der Waals surface area contributed by atoms with Crippen molar-refractivity contribution >= 4 is 27.4 Å². The second-order valence-electron chi connectivity index (χ2n) is 7.33. The predicted octanol–water partition coefficient (Wildman–Crippen LogP) is 3.36. The van der Waals surface area contributed by atoms with Crippen molar-refractivity contribution in [3.63, 3.8) is 0 Å². The van der Waals surface area contributed by atoms with E-state index in [9.17, 15) is 18.0 Å². The molecule has 0 unspecified atom stereocenters. The number of nitrogens with zero attached hydrogens (tertiary/aromatic N) is 1. The van der Waals surface area contributed by atoms with E-state index < -0.39 is 28.0 Å². The summed E-state index contributed by atoms with van der Waals surface area (Å²) >= 11 is 0. The Balaban J connectivity index is 1.71. The normalized spacial score (nSPS) is 19.5. The van der Waals surface area contributed by atoms with Crippen molar-refractivity contribution in [1.82, 2.24) is 0 Å². The Labute approximate surface area is 181 Å². The van der Waals surface area contributed by atoms with Crippen molar-refractivity contribution in [3.05, 3.63) is 102 Å². The molecule has 0 saturated carbocycles. The Morgan fingerprint density at radius 2 is 1.26 bits per heavy atom. The maximum absolute atomic E-state index is 13.4. The van der Waals surface area contributed by atoms with Crippen LogP contribution in [0.2, 0.25) is 0 Å². The van der Waals surface area contributed by atoms with Gasteiger partial charge in [-0.15, -0.1) is 0 Å². The zero-order valence-corrected chi connectivity index (χ0v) is 17.4. The summed E-state index contributed by atoms with van der Waals surface area (Å²) in [5.74, 6) is -1.59. The lowest BCUT2D eigenvalue weighted by atomic mass is 10.1. The van der Waals surface area contributed by atoms with Crippen LogP contribution in [0.4, 0.5) is 5.69 Å². The molecule has 1 aliphatic rings. The van der Waals surface area contributed by atoms with Crippen LogP contribution in [0.15, 0.2) is 91.0 Å². The summed E-state index contributed by atoms with van der Waals surface area (Å²) in [6.45, 7) is 0. The third kappa shape index (κ3) is 4.67. The van der Waals surface area contributed by atoms with Gasteiger partial charge in [0.2, 0.25) is 0 Å². The van der Waals surface area contributed by atoms with Crippen LogP contribution in [0.3, 0.4) is 0 Å². The lowest BCUT2D eigenvalue weighted by molar-refractivity contribution is 0.0314. The molecule has 0 aromatic heterocycles. The van der Waals surface area contributed by atoms with Crippen LogP contribution in [0.1, 0.15) is 20.7 Å². The predicted molar refractivity (Wildman–Crippen MR) is 118 cm³/mol. The van der Waals surface area contributed by atoms with Gasteiger partial charge in [0.25, 0.3) is 5.91 Å². The fraction of sp³-hybridized carbons (Fsp3) is 0.167. The molecule has 0 N–H and O–H groups in total. The molecular weight excluding hydrogens is 414 g/mol. The maximum Gasteiger partial charge on any atom is 0.338 e. The van der Waals surface area contributed by atoms with Gasteiger partial charge in [0, 0.05) is 11.3 Å². The standard InChI is InChI=1S/C24H21NO5S/c26-23(18-10-4-1-5-11-18)25(20-14-8-3-9-15-20)21-16-31(28,29)17-22(21)30-24(27)19-12-6-2-7-13-19/h1-15,21-22H,16-17H2/t21-,22-/m1/s1. The van der Waals surface area contributed by atoms with Gasteiger partial charge in [-0.2, -0.15) is 0 Å². The van der Waals surface area contributed by atoms with E-state index >= 15 is 0 Å². The highest BCUT2D eigenvalue weighted by Gasteiger charge is 2.45. The van der Waals surface area contributed by atoms with Crippen LogP contribution >= 0.6 is 0 Å². The second-order valence-corrected chi connectivity index (χ2v) is 9.48. The molecule has 3 aromatic carbocycles. The summed E-state index contributed by atoms with van der Waals surface area (Å²) in [4.78, 5) is 27.5. The Morgan fingerprint density at radius 1 is 0.742 bits per heavy atom. The molecule has 0 spiro atoms. The molecule has 2 atom stereocenters. The van der Waals surface area contributed by atoms with Crippen molar-refractivity contribution in [1.29, 1.82) is 0 Å². The van der Waals surface area contributed by atoms with E-state index in [1.165, 1.54) is 4.90 Å². The first-order valence-electron chi connectivity index (χ1n) is 9.85. The van der Waals surface area contributed by atoms with Crippen LogP contribution in [0.25, 0.3) is 0 Å². The Bertz CT molecular complexity index is 1160. The molecule has 1 aliphatic heterocycles. The summed E-state index contributed by atoms with van der Waals surface area (Å²) < 4.78 is 30.7. The van der Waals surface area contributed by atoms with Gasteiger partial charge in [0.05, 0.1) is 23.1 Å². The number of carbonyl (C=O) groups excluding carboxylic acids is 2. The van der Waals surface area contributed by atoms with Gasteiger partial charge in [-0.1, -0.05) is 54.6 Å². The van der Waals surface area contributed by atoms with Gasteiger partial charge in [0.15, 0.2) is 9.84 Å². The Hall–Kier alpha value is -3.45. The highest BCUT2D eigenvalue weighted by molar-refractivity contribution is 7.91. The van der Waals surface area contributed by atoms with Crippen molar-refractivity contribution in [2.24, 2.45) is 0 Å². The largest absolute Gasteiger partial charge is 0.455 e. The van der Waals surface area contributed by atoms with E-state index in [-0.39, 0.29) is 17.4 Å². The summed E-state index contributed by atoms with van der Waals surface area (Å²) in [6.07, 6.45) is -0.981. The first-order valence-corrected chi connectivity index (χ1v) is 11.7. The molecule has 0 radical (unpaired) electrons. The average Bonchev–Trinajstić information content (AvgIpc) is 3.09. The molecule has 158 valence electrons. The smallest absolute Gasteiger partial charge is 0.338 e.